The smallest absolute Gasteiger partial charge is 0.262 e. The van der Waals surface area contributed by atoms with Crippen molar-refractivity contribution in [1.29, 1.82) is 0 Å². The fraction of sp³-hybridized carbons (Fsp3) is 0.341. The number of nitrogens with zero attached hydrogens (tertiary/aromatic N) is 5. The highest BCUT2D eigenvalue weighted by atomic mass is 16.5. The van der Waals surface area contributed by atoms with E-state index in [1.54, 1.807) is 50.5 Å². The van der Waals surface area contributed by atoms with Gasteiger partial charge >= 0.3 is 0 Å². The predicted molar refractivity (Wildman–Crippen MR) is 198 cm³/mol. The van der Waals surface area contributed by atoms with Gasteiger partial charge in [-0.2, -0.15) is 0 Å². The first-order valence-electron chi connectivity index (χ1n) is 18.2. The standard InChI is InChI=1S/C41H39N5O9/c1-44-20-32(28-8-11-42-19-31(28)39(44)49)24-14-36(52-2)33(37(15-24)53-3)21-45-12-9-23(10-13-45)38-43-18-27(55-38)22-54-26-5-6-29-30(17-26)41(51)46(40(29)50)34-7-4-25(47)16-35(34)48/h5-6,8,11,14-15,17-20,23,34H,4,7,9-10,12-13,16,21-22H2,1-3H3. The highest BCUT2D eigenvalue weighted by Crippen LogP contribution is 2.39. The van der Waals surface area contributed by atoms with E-state index in [0.29, 0.717) is 40.8 Å². The van der Waals surface area contributed by atoms with Gasteiger partial charge in [0.05, 0.1) is 55.0 Å². The summed E-state index contributed by atoms with van der Waals surface area (Å²) in [5.74, 6) is 1.36. The Morgan fingerprint density at radius 2 is 1.60 bits per heavy atom. The summed E-state index contributed by atoms with van der Waals surface area (Å²) in [6.07, 6.45) is 8.44. The molecular formula is C41H39N5O9. The number of aryl methyl sites for hydroxylation is 1. The number of oxazole rings is 1. The van der Waals surface area contributed by atoms with Crippen LogP contribution in [0, 0.1) is 0 Å². The van der Waals surface area contributed by atoms with Crippen molar-refractivity contribution in [3.05, 3.63) is 99.9 Å². The topological polar surface area (TPSA) is 163 Å². The molecule has 2 aliphatic heterocycles. The second-order valence-corrected chi connectivity index (χ2v) is 14.2. The Balaban J connectivity index is 0.897. The molecule has 2 aromatic carbocycles. The van der Waals surface area contributed by atoms with Crippen LogP contribution in [0.2, 0.25) is 0 Å². The van der Waals surface area contributed by atoms with Gasteiger partial charge in [-0.3, -0.25) is 38.8 Å². The number of amides is 2. The van der Waals surface area contributed by atoms with Crippen molar-refractivity contribution in [1.82, 2.24) is 24.3 Å². The van der Waals surface area contributed by atoms with Crippen LogP contribution in [0.1, 0.15) is 76.0 Å². The largest absolute Gasteiger partial charge is 0.496 e. The molecule has 0 radical (unpaired) electrons. The van der Waals surface area contributed by atoms with Gasteiger partial charge in [0.15, 0.2) is 17.4 Å². The molecule has 0 spiro atoms. The molecule has 14 nitrogen and oxygen atoms in total. The van der Waals surface area contributed by atoms with Crippen LogP contribution in [0.25, 0.3) is 21.9 Å². The fourth-order valence-corrected chi connectivity index (χ4v) is 7.87. The second kappa shape index (κ2) is 14.6. The van der Waals surface area contributed by atoms with Crippen LogP contribution in [0.5, 0.6) is 17.2 Å². The lowest BCUT2D eigenvalue weighted by Gasteiger charge is -2.31. The molecular weight excluding hydrogens is 706 g/mol. The van der Waals surface area contributed by atoms with E-state index >= 15 is 0 Å². The summed E-state index contributed by atoms with van der Waals surface area (Å²) >= 11 is 0. The van der Waals surface area contributed by atoms with Gasteiger partial charge in [-0.05, 0) is 79.7 Å². The van der Waals surface area contributed by atoms with Gasteiger partial charge < -0.3 is 23.2 Å². The minimum absolute atomic E-state index is 0.0707. The first-order valence-corrected chi connectivity index (χ1v) is 18.2. The number of benzene rings is 2. The molecule has 14 heteroatoms. The van der Waals surface area contributed by atoms with Gasteiger partial charge in [-0.25, -0.2) is 4.98 Å². The van der Waals surface area contributed by atoms with Crippen molar-refractivity contribution in [3.8, 4) is 28.4 Å². The molecule has 1 unspecified atom stereocenters. The normalized spacial score (nSPS) is 17.9. The number of ether oxygens (including phenoxy) is 3. The van der Waals surface area contributed by atoms with Crippen molar-refractivity contribution in [2.45, 2.75) is 57.2 Å². The van der Waals surface area contributed by atoms with E-state index in [0.717, 1.165) is 52.9 Å². The quantitative estimate of drug-likeness (QED) is 0.141. The maximum Gasteiger partial charge on any atom is 0.262 e. The number of carbonyl (C=O) groups excluding carboxylic acids is 4. The Morgan fingerprint density at radius 3 is 2.33 bits per heavy atom. The van der Waals surface area contributed by atoms with Crippen LogP contribution in [0.4, 0.5) is 0 Å². The molecule has 5 aromatic rings. The zero-order chi connectivity index (χ0) is 38.4. The van der Waals surface area contributed by atoms with E-state index in [2.05, 4.69) is 14.9 Å². The molecule has 0 N–H and O–H groups in total. The third kappa shape index (κ3) is 6.67. The minimum Gasteiger partial charge on any atom is -0.496 e. The number of ketones is 2. The van der Waals surface area contributed by atoms with Crippen molar-refractivity contribution < 1.29 is 37.8 Å². The third-order valence-corrected chi connectivity index (χ3v) is 10.8. The first-order chi connectivity index (χ1) is 26.6. The summed E-state index contributed by atoms with van der Waals surface area (Å²) in [6.45, 7) is 2.28. The molecule has 0 bridgehead atoms. The summed E-state index contributed by atoms with van der Waals surface area (Å²) in [5, 5.41) is 1.34. The maximum absolute atomic E-state index is 13.2. The molecule has 3 aromatic heterocycles. The molecule has 282 valence electrons. The van der Waals surface area contributed by atoms with Gasteiger partial charge in [-0.1, -0.05) is 0 Å². The molecule has 1 saturated heterocycles. The average Bonchev–Trinajstić information content (AvgIpc) is 3.77. The van der Waals surface area contributed by atoms with Crippen LogP contribution >= 0.6 is 0 Å². The number of aromatic nitrogens is 3. The van der Waals surface area contributed by atoms with Crippen molar-refractivity contribution in [3.63, 3.8) is 0 Å². The van der Waals surface area contributed by atoms with Crippen molar-refractivity contribution >= 4 is 34.2 Å². The summed E-state index contributed by atoms with van der Waals surface area (Å²) in [5.41, 5.74) is 2.93. The molecule has 1 aliphatic carbocycles. The van der Waals surface area contributed by atoms with Crippen molar-refractivity contribution in [2.24, 2.45) is 7.05 Å². The summed E-state index contributed by atoms with van der Waals surface area (Å²) in [4.78, 5) is 75.2. The Hall–Kier alpha value is -6.15. The number of carbonyl (C=O) groups is 4. The number of hydrogen-bond donors (Lipinski definition) is 0. The predicted octanol–water partition coefficient (Wildman–Crippen LogP) is 4.85. The van der Waals surface area contributed by atoms with E-state index in [9.17, 15) is 24.0 Å². The zero-order valence-electron chi connectivity index (χ0n) is 30.7. The lowest BCUT2D eigenvalue weighted by atomic mass is 9.92. The minimum atomic E-state index is -0.926. The van der Waals surface area contributed by atoms with Gasteiger partial charge in [0, 0.05) is 50.1 Å². The third-order valence-electron chi connectivity index (χ3n) is 10.8. The van der Waals surface area contributed by atoms with Crippen molar-refractivity contribution in [2.75, 3.05) is 27.3 Å². The molecule has 8 rings (SSSR count). The second-order valence-electron chi connectivity index (χ2n) is 14.2. The maximum atomic E-state index is 13.2. The molecule has 1 atom stereocenters. The molecule has 1 saturated carbocycles. The van der Waals surface area contributed by atoms with Crippen LogP contribution in [0.3, 0.4) is 0 Å². The Morgan fingerprint density at radius 1 is 0.855 bits per heavy atom. The number of rotatable bonds is 10. The number of fused-ring (bicyclic) bond motifs is 2. The van der Waals surface area contributed by atoms with Gasteiger partial charge in [-0.15, -0.1) is 0 Å². The number of hydrogen-bond acceptors (Lipinski definition) is 12. The number of pyridine rings is 2. The highest BCUT2D eigenvalue weighted by Gasteiger charge is 2.44. The number of methoxy groups -OCH3 is 2. The van der Waals surface area contributed by atoms with Gasteiger partial charge in [0.1, 0.15) is 29.6 Å². The monoisotopic (exact) mass is 745 g/mol. The zero-order valence-corrected chi connectivity index (χ0v) is 30.7. The Labute approximate surface area is 315 Å². The lowest BCUT2D eigenvalue weighted by molar-refractivity contribution is -0.132. The Bertz CT molecular complexity index is 2400. The number of piperidine rings is 1. The molecule has 3 aliphatic rings. The lowest BCUT2D eigenvalue weighted by Crippen LogP contribution is -2.47. The number of imide groups is 1. The van der Waals surface area contributed by atoms with Crippen LogP contribution in [-0.4, -0.2) is 81.1 Å². The van der Waals surface area contributed by atoms with E-state index in [1.807, 2.05) is 24.4 Å². The molecule has 2 fully saturated rings. The van der Waals surface area contributed by atoms with Gasteiger partial charge in [0.25, 0.3) is 17.4 Å². The molecule has 5 heterocycles. The molecule has 2 amide bonds. The summed E-state index contributed by atoms with van der Waals surface area (Å²) < 4.78 is 25.4. The number of likely N-dealkylation sites (tertiary alicyclic amines) is 1. The Kier molecular flexibility index (Phi) is 9.51. The highest BCUT2D eigenvalue weighted by molar-refractivity contribution is 6.23. The van der Waals surface area contributed by atoms with E-state index < -0.39 is 23.6 Å². The summed E-state index contributed by atoms with van der Waals surface area (Å²) in [7, 11) is 5.02. The first kappa shape index (κ1) is 35.9. The van der Waals surface area contributed by atoms with E-state index in [-0.39, 0.29) is 54.3 Å². The van der Waals surface area contributed by atoms with Gasteiger partial charge in [0.2, 0.25) is 0 Å². The SMILES string of the molecule is COc1cc(-c2cn(C)c(=O)c3cnccc23)cc(OC)c1CN1CCC(c2ncc(COc3ccc4c(c3)C(=O)N(C3CCC(=O)CC3=O)C4=O)o2)CC1. The van der Waals surface area contributed by atoms with Crippen LogP contribution in [-0.2, 0) is 29.8 Å². The summed E-state index contributed by atoms with van der Waals surface area (Å²) in [6, 6.07) is 9.52. The van der Waals surface area contributed by atoms with E-state index in [4.69, 9.17) is 18.6 Å². The van der Waals surface area contributed by atoms with E-state index in [1.165, 1.54) is 12.1 Å². The van der Waals surface area contributed by atoms with Crippen LogP contribution < -0.4 is 19.8 Å². The molecule has 55 heavy (non-hydrogen) atoms. The van der Waals surface area contributed by atoms with Crippen LogP contribution in [0.15, 0.2) is 70.4 Å². The number of Topliss-reactive ketones (excluding diaryl/α,β-unsaturated/α-hetero) is 2. The average molecular weight is 746 g/mol. The fourth-order valence-electron chi connectivity index (χ4n) is 7.87.